The van der Waals surface area contributed by atoms with Gasteiger partial charge in [0.2, 0.25) is 0 Å². The van der Waals surface area contributed by atoms with Gasteiger partial charge in [0.25, 0.3) is 5.91 Å². The third-order valence-electron chi connectivity index (χ3n) is 3.72. The molecule has 1 heterocycles. The van der Waals surface area contributed by atoms with Gasteiger partial charge in [-0.2, -0.15) is 13.2 Å². The van der Waals surface area contributed by atoms with Gasteiger partial charge in [0.05, 0.1) is 23.8 Å². The highest BCUT2D eigenvalue weighted by molar-refractivity contribution is 5.97. The van der Waals surface area contributed by atoms with Gasteiger partial charge in [-0.25, -0.2) is 4.79 Å². The number of nitrogens with zero attached hydrogens (tertiary/aromatic N) is 1. The molecular weight excluding hydrogens is 355 g/mol. The minimum Gasteiger partial charge on any atom is -0.489 e. The summed E-state index contributed by atoms with van der Waals surface area (Å²) in [6.45, 7) is 4.82. The molecule has 6 nitrogen and oxygen atoms in total. The number of carboxylic acid groups (broad SMARTS) is 1. The zero-order valence-electron chi connectivity index (χ0n) is 14.0. The lowest BCUT2D eigenvalue weighted by Gasteiger charge is -2.35. The number of rotatable bonds is 5. The number of hydrogen-bond acceptors (Lipinski definition) is 4. The lowest BCUT2D eigenvalue weighted by Crippen LogP contribution is -2.51. The van der Waals surface area contributed by atoms with Crippen LogP contribution in [0.4, 0.5) is 13.2 Å². The smallest absolute Gasteiger partial charge is 0.416 e. The molecule has 0 spiro atoms. The molecule has 1 saturated heterocycles. The number of benzene rings is 1. The Bertz CT molecular complexity index is 704. The van der Waals surface area contributed by atoms with Crippen molar-refractivity contribution in [2.24, 2.45) is 0 Å². The number of ether oxygens (including phenoxy) is 2. The Kier molecular flexibility index (Phi) is 5.91. The molecule has 1 N–H and O–H groups in total. The molecule has 0 bridgehead atoms. The molecule has 2 atom stereocenters. The van der Waals surface area contributed by atoms with E-state index >= 15 is 0 Å². The molecule has 1 fully saturated rings. The molecule has 1 amide bonds. The van der Waals surface area contributed by atoms with Crippen molar-refractivity contribution in [2.75, 3.05) is 19.7 Å². The fourth-order valence-electron chi connectivity index (χ4n) is 2.57. The van der Waals surface area contributed by atoms with E-state index in [1.165, 1.54) is 6.08 Å². The number of morpholine rings is 1. The standard InChI is InChI=1S/C17H18F3NO5/c1-3-6-25-13-5-4-11(17(18,19)20)7-12(13)15(22)21-8-10(2)26-14(9-21)16(23)24/h3-5,7,10,14H,1,6,8-9H2,2H3,(H,23,24)/t10-,14?/m1/s1. The summed E-state index contributed by atoms with van der Waals surface area (Å²) in [5.41, 5.74) is -1.29. The van der Waals surface area contributed by atoms with Crippen molar-refractivity contribution in [1.29, 1.82) is 0 Å². The van der Waals surface area contributed by atoms with Gasteiger partial charge < -0.3 is 19.5 Å². The lowest BCUT2D eigenvalue weighted by atomic mass is 10.1. The van der Waals surface area contributed by atoms with Crippen LogP contribution in [-0.4, -0.2) is 53.8 Å². The molecule has 26 heavy (non-hydrogen) atoms. The Hall–Kier alpha value is -2.55. The molecule has 1 aromatic rings. The molecular formula is C17H18F3NO5. The first-order valence-corrected chi connectivity index (χ1v) is 7.76. The van der Waals surface area contributed by atoms with E-state index in [0.29, 0.717) is 6.07 Å². The maximum atomic E-state index is 13.0. The van der Waals surface area contributed by atoms with Crippen LogP contribution in [0, 0.1) is 0 Å². The number of carboxylic acids is 1. The average Bonchev–Trinajstić information content (AvgIpc) is 2.57. The van der Waals surface area contributed by atoms with Gasteiger partial charge in [0.15, 0.2) is 6.10 Å². The number of amides is 1. The van der Waals surface area contributed by atoms with Crippen LogP contribution < -0.4 is 4.74 Å². The summed E-state index contributed by atoms with van der Waals surface area (Å²) in [7, 11) is 0. The van der Waals surface area contributed by atoms with Crippen molar-refractivity contribution in [2.45, 2.75) is 25.3 Å². The Morgan fingerprint density at radius 1 is 1.42 bits per heavy atom. The number of carbonyl (C=O) groups is 2. The van der Waals surface area contributed by atoms with Gasteiger partial charge in [-0.3, -0.25) is 4.79 Å². The van der Waals surface area contributed by atoms with Gasteiger partial charge in [-0.05, 0) is 25.1 Å². The molecule has 0 aliphatic carbocycles. The number of aliphatic carboxylic acids is 1. The van der Waals surface area contributed by atoms with Crippen molar-refractivity contribution < 1.29 is 37.3 Å². The third kappa shape index (κ3) is 4.54. The van der Waals surface area contributed by atoms with Crippen molar-refractivity contribution in [3.63, 3.8) is 0 Å². The molecule has 1 aliphatic rings. The van der Waals surface area contributed by atoms with Crippen molar-refractivity contribution in [3.8, 4) is 5.75 Å². The molecule has 0 radical (unpaired) electrons. The molecule has 1 aliphatic heterocycles. The highest BCUT2D eigenvalue weighted by Gasteiger charge is 2.36. The number of alkyl halides is 3. The minimum absolute atomic E-state index is 0.00289. The first kappa shape index (κ1) is 19.8. The van der Waals surface area contributed by atoms with Gasteiger partial charge in [0.1, 0.15) is 12.4 Å². The van der Waals surface area contributed by atoms with Crippen LogP contribution in [0.1, 0.15) is 22.8 Å². The molecule has 2 rings (SSSR count). The summed E-state index contributed by atoms with van der Waals surface area (Å²) < 4.78 is 49.5. The average molecular weight is 373 g/mol. The van der Waals surface area contributed by atoms with Crippen LogP contribution in [0.2, 0.25) is 0 Å². The van der Waals surface area contributed by atoms with E-state index in [1.807, 2.05) is 0 Å². The Labute approximate surface area is 147 Å². The minimum atomic E-state index is -4.63. The third-order valence-corrected chi connectivity index (χ3v) is 3.72. The lowest BCUT2D eigenvalue weighted by molar-refractivity contribution is -0.160. The second-order valence-corrected chi connectivity index (χ2v) is 5.79. The Morgan fingerprint density at radius 3 is 2.69 bits per heavy atom. The first-order valence-electron chi connectivity index (χ1n) is 7.76. The van der Waals surface area contributed by atoms with Crippen LogP contribution in [-0.2, 0) is 15.7 Å². The van der Waals surface area contributed by atoms with Crippen molar-refractivity contribution >= 4 is 11.9 Å². The maximum Gasteiger partial charge on any atom is 0.416 e. The van der Waals surface area contributed by atoms with Crippen molar-refractivity contribution in [1.82, 2.24) is 4.90 Å². The van der Waals surface area contributed by atoms with Crippen LogP contribution >= 0.6 is 0 Å². The molecule has 142 valence electrons. The highest BCUT2D eigenvalue weighted by Crippen LogP contribution is 2.33. The van der Waals surface area contributed by atoms with Crippen molar-refractivity contribution in [3.05, 3.63) is 42.0 Å². The summed E-state index contributed by atoms with van der Waals surface area (Å²) in [4.78, 5) is 25.1. The quantitative estimate of drug-likeness (QED) is 0.803. The van der Waals surface area contributed by atoms with E-state index in [9.17, 15) is 22.8 Å². The van der Waals surface area contributed by atoms with E-state index in [2.05, 4.69) is 6.58 Å². The van der Waals surface area contributed by atoms with E-state index in [-0.39, 0.29) is 31.0 Å². The largest absolute Gasteiger partial charge is 0.489 e. The molecule has 0 aromatic heterocycles. The summed E-state index contributed by atoms with van der Waals surface area (Å²) in [6.07, 6.45) is -5.06. The van der Waals surface area contributed by atoms with Gasteiger partial charge in [0, 0.05) is 6.54 Å². The summed E-state index contributed by atoms with van der Waals surface area (Å²) >= 11 is 0. The summed E-state index contributed by atoms with van der Waals surface area (Å²) in [6, 6.07) is 2.59. The predicted octanol–water partition coefficient (Wildman–Crippen LogP) is 2.58. The van der Waals surface area contributed by atoms with Gasteiger partial charge >= 0.3 is 12.1 Å². The fourth-order valence-corrected chi connectivity index (χ4v) is 2.57. The second-order valence-electron chi connectivity index (χ2n) is 5.79. The Balaban J connectivity index is 2.38. The topological polar surface area (TPSA) is 76.1 Å². The zero-order valence-corrected chi connectivity index (χ0v) is 14.0. The Morgan fingerprint density at radius 2 is 2.12 bits per heavy atom. The number of halogens is 3. The number of hydrogen-bond donors (Lipinski definition) is 1. The predicted molar refractivity (Wildman–Crippen MR) is 85.0 cm³/mol. The van der Waals surface area contributed by atoms with Crippen LogP contribution in [0.3, 0.4) is 0 Å². The maximum absolute atomic E-state index is 13.0. The second kappa shape index (κ2) is 7.77. The molecule has 1 unspecified atom stereocenters. The number of carbonyl (C=O) groups excluding carboxylic acids is 1. The van der Waals surface area contributed by atoms with Gasteiger partial charge in [-0.1, -0.05) is 12.7 Å². The monoisotopic (exact) mass is 373 g/mol. The molecule has 0 saturated carbocycles. The summed E-state index contributed by atoms with van der Waals surface area (Å²) in [5, 5.41) is 9.10. The fraction of sp³-hybridized carbons (Fsp3) is 0.412. The van der Waals surface area contributed by atoms with Crippen LogP contribution in [0.5, 0.6) is 5.75 Å². The van der Waals surface area contributed by atoms with Crippen LogP contribution in [0.25, 0.3) is 0 Å². The van der Waals surface area contributed by atoms with Gasteiger partial charge in [-0.15, -0.1) is 0 Å². The van der Waals surface area contributed by atoms with E-state index in [1.54, 1.807) is 6.92 Å². The highest BCUT2D eigenvalue weighted by atomic mass is 19.4. The zero-order chi connectivity index (χ0) is 19.5. The molecule has 1 aromatic carbocycles. The summed E-state index contributed by atoms with van der Waals surface area (Å²) in [5.74, 6) is -2.04. The van der Waals surface area contributed by atoms with Crippen LogP contribution in [0.15, 0.2) is 30.9 Å². The first-order chi connectivity index (χ1) is 12.1. The normalized spacial score (nSPS) is 20.5. The van der Waals surface area contributed by atoms with E-state index in [0.717, 1.165) is 17.0 Å². The van der Waals surface area contributed by atoms with E-state index < -0.39 is 35.8 Å². The SMILES string of the molecule is C=CCOc1ccc(C(F)(F)F)cc1C(=O)N1CC(C(=O)O)O[C@H](C)C1. The molecule has 9 heteroatoms. The van der Waals surface area contributed by atoms with E-state index in [4.69, 9.17) is 14.6 Å².